The van der Waals surface area contributed by atoms with E-state index >= 15 is 0 Å². The molecule has 0 saturated heterocycles. The molecule has 1 heterocycles. The first kappa shape index (κ1) is 13.1. The molecule has 2 rings (SSSR count). The van der Waals surface area contributed by atoms with Crippen LogP contribution in [0.4, 0.5) is 0 Å². The Morgan fingerprint density at radius 2 is 2.22 bits per heavy atom. The molecule has 98 valence electrons. The van der Waals surface area contributed by atoms with Crippen molar-refractivity contribution in [3.63, 3.8) is 0 Å². The summed E-state index contributed by atoms with van der Waals surface area (Å²) in [7, 11) is 0. The van der Waals surface area contributed by atoms with Crippen LogP contribution in [0.15, 0.2) is 35.1 Å². The number of ketones is 1. The quantitative estimate of drug-likeness (QED) is 0.701. The van der Waals surface area contributed by atoms with Crippen LogP contribution >= 0.6 is 0 Å². The van der Waals surface area contributed by atoms with Gasteiger partial charge in [0.05, 0.1) is 5.57 Å². The van der Waals surface area contributed by atoms with Crippen LogP contribution in [-0.4, -0.2) is 11.4 Å². The standard InChI is InChI=1S/C16H22O2/c1-12(2)6-5-10-16(3)11-9-13-14(17)7-4-8-15(13)18-16/h6,9,11H,4-5,7-8,10H2,1-3H3/t16-/m0/s1. The van der Waals surface area contributed by atoms with Crippen molar-refractivity contribution in [1.29, 1.82) is 0 Å². The number of carbonyl (C=O) groups excluding carboxylic acids is 1. The van der Waals surface area contributed by atoms with Gasteiger partial charge < -0.3 is 4.74 Å². The maximum absolute atomic E-state index is 11.7. The maximum atomic E-state index is 11.7. The van der Waals surface area contributed by atoms with Gasteiger partial charge in [0.15, 0.2) is 5.78 Å². The molecule has 2 aliphatic rings. The number of rotatable bonds is 3. The molecule has 0 amide bonds. The molecule has 0 aromatic heterocycles. The van der Waals surface area contributed by atoms with E-state index < -0.39 is 0 Å². The summed E-state index contributed by atoms with van der Waals surface area (Å²) >= 11 is 0. The second kappa shape index (κ2) is 5.13. The van der Waals surface area contributed by atoms with Gasteiger partial charge in [-0.1, -0.05) is 11.6 Å². The number of hydrogen-bond donors (Lipinski definition) is 0. The molecule has 0 bridgehead atoms. The van der Waals surface area contributed by atoms with Crippen LogP contribution in [0.25, 0.3) is 0 Å². The van der Waals surface area contributed by atoms with Crippen LogP contribution in [0.5, 0.6) is 0 Å². The zero-order valence-corrected chi connectivity index (χ0v) is 11.6. The molecule has 0 aromatic rings. The molecule has 0 N–H and O–H groups in total. The van der Waals surface area contributed by atoms with E-state index in [0.29, 0.717) is 6.42 Å². The van der Waals surface area contributed by atoms with E-state index in [2.05, 4.69) is 26.8 Å². The molecule has 0 aromatic carbocycles. The van der Waals surface area contributed by atoms with Gasteiger partial charge in [-0.05, 0) is 52.2 Å². The Hall–Kier alpha value is -1.31. The number of allylic oxidation sites excluding steroid dienone is 5. The highest BCUT2D eigenvalue weighted by atomic mass is 16.5. The third kappa shape index (κ3) is 2.92. The van der Waals surface area contributed by atoms with E-state index in [9.17, 15) is 4.79 Å². The average molecular weight is 246 g/mol. The first-order valence-corrected chi connectivity index (χ1v) is 6.78. The van der Waals surface area contributed by atoms with Gasteiger partial charge in [0.1, 0.15) is 11.4 Å². The molecule has 0 unspecified atom stereocenters. The highest BCUT2D eigenvalue weighted by molar-refractivity contribution is 5.99. The van der Waals surface area contributed by atoms with E-state index in [4.69, 9.17) is 4.74 Å². The molecular weight excluding hydrogens is 224 g/mol. The fourth-order valence-electron chi connectivity index (χ4n) is 2.48. The minimum absolute atomic E-state index is 0.235. The predicted octanol–water partition coefficient (Wildman–Crippen LogP) is 4.09. The first-order valence-electron chi connectivity index (χ1n) is 6.78. The van der Waals surface area contributed by atoms with Gasteiger partial charge in [-0.3, -0.25) is 4.79 Å². The molecule has 0 radical (unpaired) electrons. The Kier molecular flexibility index (Phi) is 3.74. The minimum atomic E-state index is -0.248. The zero-order chi connectivity index (χ0) is 13.2. The maximum Gasteiger partial charge on any atom is 0.166 e. The Balaban J connectivity index is 2.05. The van der Waals surface area contributed by atoms with E-state index in [1.54, 1.807) is 0 Å². The lowest BCUT2D eigenvalue weighted by atomic mass is 9.89. The number of carbonyl (C=O) groups is 1. The SMILES string of the molecule is CC(C)=CCC[C@@]1(C)C=CC2=C(CCCC2=O)O1. The molecule has 2 heteroatoms. The topological polar surface area (TPSA) is 26.3 Å². The zero-order valence-electron chi connectivity index (χ0n) is 11.6. The Morgan fingerprint density at radius 1 is 1.44 bits per heavy atom. The van der Waals surface area contributed by atoms with Gasteiger partial charge in [-0.15, -0.1) is 0 Å². The largest absolute Gasteiger partial charge is 0.487 e. The summed E-state index contributed by atoms with van der Waals surface area (Å²) in [5.41, 5.74) is 1.90. The molecule has 2 nitrogen and oxygen atoms in total. The fraction of sp³-hybridized carbons (Fsp3) is 0.562. The fourth-order valence-corrected chi connectivity index (χ4v) is 2.48. The minimum Gasteiger partial charge on any atom is -0.487 e. The van der Waals surface area contributed by atoms with Crippen molar-refractivity contribution in [2.24, 2.45) is 0 Å². The van der Waals surface area contributed by atoms with Gasteiger partial charge in [-0.2, -0.15) is 0 Å². The van der Waals surface area contributed by atoms with Gasteiger partial charge in [0.2, 0.25) is 0 Å². The third-order valence-electron chi connectivity index (χ3n) is 3.56. The normalized spacial score (nSPS) is 26.7. The Morgan fingerprint density at radius 3 is 2.94 bits per heavy atom. The van der Waals surface area contributed by atoms with Gasteiger partial charge in [0, 0.05) is 12.8 Å². The second-order valence-corrected chi connectivity index (χ2v) is 5.68. The van der Waals surface area contributed by atoms with Crippen LogP contribution in [-0.2, 0) is 9.53 Å². The number of Topliss-reactive ketones (excluding diaryl/α,β-unsaturated/α-hetero) is 1. The van der Waals surface area contributed by atoms with Crippen molar-refractivity contribution in [3.05, 3.63) is 35.1 Å². The molecule has 1 aliphatic carbocycles. The van der Waals surface area contributed by atoms with Crippen molar-refractivity contribution >= 4 is 5.78 Å². The van der Waals surface area contributed by atoms with Crippen molar-refractivity contribution in [2.75, 3.05) is 0 Å². The lowest BCUT2D eigenvalue weighted by molar-refractivity contribution is -0.116. The summed E-state index contributed by atoms with van der Waals surface area (Å²) in [6.45, 7) is 6.33. The van der Waals surface area contributed by atoms with Crippen molar-refractivity contribution in [3.8, 4) is 0 Å². The monoisotopic (exact) mass is 246 g/mol. The summed E-state index contributed by atoms with van der Waals surface area (Å²) < 4.78 is 6.07. The lowest BCUT2D eigenvalue weighted by Crippen LogP contribution is -2.31. The van der Waals surface area contributed by atoms with Gasteiger partial charge in [0.25, 0.3) is 0 Å². The van der Waals surface area contributed by atoms with Gasteiger partial charge >= 0.3 is 0 Å². The first-order chi connectivity index (χ1) is 8.50. The van der Waals surface area contributed by atoms with Crippen molar-refractivity contribution in [2.45, 2.75) is 58.5 Å². The van der Waals surface area contributed by atoms with Crippen LogP contribution in [0, 0.1) is 0 Å². The Labute approximate surface area is 109 Å². The summed E-state index contributed by atoms with van der Waals surface area (Å²) in [4.78, 5) is 11.7. The van der Waals surface area contributed by atoms with Crippen molar-refractivity contribution in [1.82, 2.24) is 0 Å². The molecule has 1 aliphatic heterocycles. The highest BCUT2D eigenvalue weighted by Gasteiger charge is 2.31. The molecule has 0 saturated carbocycles. The van der Waals surface area contributed by atoms with E-state index in [1.165, 1.54) is 5.57 Å². The number of hydrogen-bond acceptors (Lipinski definition) is 2. The molecule has 18 heavy (non-hydrogen) atoms. The van der Waals surface area contributed by atoms with Crippen LogP contribution in [0.3, 0.4) is 0 Å². The molecule has 0 spiro atoms. The third-order valence-corrected chi connectivity index (χ3v) is 3.56. The van der Waals surface area contributed by atoms with E-state index in [0.717, 1.165) is 37.0 Å². The van der Waals surface area contributed by atoms with E-state index in [-0.39, 0.29) is 11.4 Å². The smallest absolute Gasteiger partial charge is 0.166 e. The molecule has 0 fully saturated rings. The number of ether oxygens (including phenoxy) is 1. The Bertz CT molecular complexity index is 436. The molecular formula is C16H22O2. The average Bonchev–Trinajstić information content (AvgIpc) is 2.28. The summed E-state index contributed by atoms with van der Waals surface area (Å²) in [6.07, 6.45) is 10.7. The highest BCUT2D eigenvalue weighted by Crippen LogP contribution is 2.35. The molecule has 1 atom stereocenters. The second-order valence-electron chi connectivity index (χ2n) is 5.68. The van der Waals surface area contributed by atoms with Gasteiger partial charge in [-0.25, -0.2) is 0 Å². The summed E-state index contributed by atoms with van der Waals surface area (Å²) in [5, 5.41) is 0. The van der Waals surface area contributed by atoms with E-state index in [1.807, 2.05) is 12.2 Å². The summed E-state index contributed by atoms with van der Waals surface area (Å²) in [6, 6.07) is 0. The van der Waals surface area contributed by atoms with Crippen molar-refractivity contribution < 1.29 is 9.53 Å². The predicted molar refractivity (Wildman–Crippen MR) is 73.2 cm³/mol. The van der Waals surface area contributed by atoms with Crippen LogP contribution in [0.1, 0.15) is 52.9 Å². The van der Waals surface area contributed by atoms with Crippen LogP contribution < -0.4 is 0 Å². The van der Waals surface area contributed by atoms with Crippen LogP contribution in [0.2, 0.25) is 0 Å². The summed E-state index contributed by atoms with van der Waals surface area (Å²) in [5.74, 6) is 1.15. The lowest BCUT2D eigenvalue weighted by Gasteiger charge is -2.34.